The molecular formula is C11H10N4OS. The predicted molar refractivity (Wildman–Crippen MR) is 69.5 cm³/mol. The highest BCUT2D eigenvalue weighted by Gasteiger charge is 2.23. The number of rotatable bonds is 1. The summed E-state index contributed by atoms with van der Waals surface area (Å²) in [5, 5.41) is 9.90. The number of guanidine groups is 1. The van der Waals surface area contributed by atoms with Crippen molar-refractivity contribution in [3.63, 3.8) is 0 Å². The number of carbonyl (C=O) groups is 1. The van der Waals surface area contributed by atoms with E-state index in [0.717, 1.165) is 5.56 Å². The Bertz CT molecular complexity index is 522. The highest BCUT2D eigenvalue weighted by Crippen LogP contribution is 2.25. The molecule has 5 nitrogen and oxygen atoms in total. The second-order valence-corrected chi connectivity index (χ2v) is 4.31. The minimum Gasteiger partial charge on any atom is -0.368 e. The Balaban J connectivity index is 2.22. The van der Waals surface area contributed by atoms with Crippen molar-refractivity contribution in [3.05, 3.63) is 40.8 Å². The van der Waals surface area contributed by atoms with Gasteiger partial charge in [-0.25, -0.2) is 0 Å². The van der Waals surface area contributed by atoms with Crippen molar-refractivity contribution in [1.29, 1.82) is 5.41 Å². The number of thioether (sulfide) groups is 1. The summed E-state index contributed by atoms with van der Waals surface area (Å²) in [5.74, 6) is -0.549. The second kappa shape index (κ2) is 4.84. The highest BCUT2D eigenvalue weighted by molar-refractivity contribution is 8.18. The molecule has 1 aromatic rings. The van der Waals surface area contributed by atoms with Crippen LogP contribution in [0.25, 0.3) is 6.08 Å². The van der Waals surface area contributed by atoms with Crippen LogP contribution < -0.4 is 11.1 Å². The Morgan fingerprint density at radius 1 is 1.41 bits per heavy atom. The van der Waals surface area contributed by atoms with Crippen LogP contribution in [0.3, 0.4) is 0 Å². The topological polar surface area (TPSA) is 91.3 Å². The smallest absolute Gasteiger partial charge is 0.264 e. The van der Waals surface area contributed by atoms with Crippen molar-refractivity contribution >= 4 is 34.9 Å². The summed E-state index contributed by atoms with van der Waals surface area (Å²) in [7, 11) is 0. The summed E-state index contributed by atoms with van der Waals surface area (Å²) in [6, 6.07) is 9.51. The lowest BCUT2D eigenvalue weighted by Crippen LogP contribution is -2.22. The van der Waals surface area contributed by atoms with Crippen LogP contribution in [-0.2, 0) is 4.79 Å². The van der Waals surface area contributed by atoms with Gasteiger partial charge in [0.2, 0.25) is 5.96 Å². The molecule has 1 aliphatic heterocycles. The third-order valence-electron chi connectivity index (χ3n) is 1.97. The first-order valence-electron chi connectivity index (χ1n) is 4.84. The fourth-order valence-electron chi connectivity index (χ4n) is 1.29. The van der Waals surface area contributed by atoms with Crippen molar-refractivity contribution in [2.45, 2.75) is 0 Å². The summed E-state index contributed by atoms with van der Waals surface area (Å²) in [5.41, 5.74) is 6.07. The third kappa shape index (κ3) is 2.94. The Labute approximate surface area is 102 Å². The molecule has 1 fully saturated rings. The van der Waals surface area contributed by atoms with Crippen molar-refractivity contribution in [1.82, 2.24) is 5.32 Å². The Kier molecular flexibility index (Phi) is 3.24. The van der Waals surface area contributed by atoms with Gasteiger partial charge in [0.25, 0.3) is 5.91 Å². The van der Waals surface area contributed by atoms with Gasteiger partial charge in [0.1, 0.15) is 0 Å². The molecule has 0 bridgehead atoms. The minimum atomic E-state index is -0.325. The van der Waals surface area contributed by atoms with Crippen LogP contribution in [0.15, 0.2) is 40.2 Å². The molecule has 1 saturated heterocycles. The molecule has 0 saturated carbocycles. The molecule has 1 aromatic carbocycles. The van der Waals surface area contributed by atoms with E-state index in [4.69, 9.17) is 11.1 Å². The normalized spacial score (nSPS) is 19.6. The lowest BCUT2D eigenvalue weighted by atomic mass is 10.2. The van der Waals surface area contributed by atoms with Crippen LogP contribution in [0, 0.1) is 5.41 Å². The average Bonchev–Trinajstić information content (AvgIpc) is 2.59. The van der Waals surface area contributed by atoms with Crippen molar-refractivity contribution in [2.75, 3.05) is 0 Å². The van der Waals surface area contributed by atoms with Gasteiger partial charge in [-0.2, -0.15) is 4.99 Å². The number of benzene rings is 1. The molecule has 0 unspecified atom stereocenters. The van der Waals surface area contributed by atoms with Crippen molar-refractivity contribution < 1.29 is 4.79 Å². The maximum atomic E-state index is 11.6. The first-order chi connectivity index (χ1) is 8.15. The second-order valence-electron chi connectivity index (χ2n) is 3.28. The zero-order valence-electron chi connectivity index (χ0n) is 8.81. The van der Waals surface area contributed by atoms with Crippen molar-refractivity contribution in [3.8, 4) is 0 Å². The van der Waals surface area contributed by atoms with Gasteiger partial charge in [0.05, 0.1) is 4.91 Å². The number of nitrogens with two attached hydrogens (primary N) is 1. The summed E-state index contributed by atoms with van der Waals surface area (Å²) in [4.78, 5) is 15.8. The lowest BCUT2D eigenvalue weighted by Gasteiger charge is -1.93. The minimum absolute atomic E-state index is 0.223. The molecule has 1 amide bonds. The average molecular weight is 246 g/mol. The first kappa shape index (κ1) is 11.4. The maximum Gasteiger partial charge on any atom is 0.264 e. The quantitative estimate of drug-likeness (QED) is 0.394. The molecule has 0 atom stereocenters. The van der Waals surface area contributed by atoms with E-state index < -0.39 is 0 Å². The monoisotopic (exact) mass is 246 g/mol. The van der Waals surface area contributed by atoms with Gasteiger partial charge in [-0.05, 0) is 23.4 Å². The number of carbonyl (C=O) groups excluding carboxylic acids is 1. The number of hydrogen-bond acceptors (Lipinski definition) is 3. The number of aliphatic imine (C=N–C) groups is 1. The molecule has 0 aliphatic carbocycles. The molecule has 6 heteroatoms. The van der Waals surface area contributed by atoms with E-state index >= 15 is 0 Å². The Morgan fingerprint density at radius 2 is 2.12 bits per heavy atom. The number of amides is 1. The number of hydrogen-bond donors (Lipinski definition) is 3. The number of nitrogens with one attached hydrogen (secondary N) is 2. The van der Waals surface area contributed by atoms with Crippen LogP contribution in [0.4, 0.5) is 0 Å². The van der Waals surface area contributed by atoms with E-state index in [2.05, 4.69) is 10.3 Å². The van der Waals surface area contributed by atoms with Crippen molar-refractivity contribution in [2.24, 2.45) is 10.7 Å². The maximum absolute atomic E-state index is 11.6. The van der Waals surface area contributed by atoms with Crippen LogP contribution in [0.1, 0.15) is 5.56 Å². The van der Waals surface area contributed by atoms with Crippen LogP contribution in [-0.4, -0.2) is 17.0 Å². The van der Waals surface area contributed by atoms with Crippen LogP contribution >= 0.6 is 11.8 Å². The summed E-state index contributed by atoms with van der Waals surface area (Å²) in [6.45, 7) is 0. The lowest BCUT2D eigenvalue weighted by molar-refractivity contribution is -0.115. The number of nitrogens with zero attached hydrogens (tertiary/aromatic N) is 1. The largest absolute Gasteiger partial charge is 0.368 e. The highest BCUT2D eigenvalue weighted by atomic mass is 32.2. The zero-order valence-corrected chi connectivity index (χ0v) is 9.62. The molecule has 4 N–H and O–H groups in total. The molecule has 1 heterocycles. The van der Waals surface area contributed by atoms with Gasteiger partial charge >= 0.3 is 0 Å². The molecule has 2 rings (SSSR count). The predicted octanol–water partition coefficient (Wildman–Crippen LogP) is 1.14. The summed E-state index contributed by atoms with van der Waals surface area (Å²) in [6.07, 6.45) is 1.77. The van der Waals surface area contributed by atoms with Gasteiger partial charge < -0.3 is 11.1 Å². The van der Waals surface area contributed by atoms with Gasteiger partial charge in [0, 0.05) is 0 Å². The van der Waals surface area contributed by atoms with Gasteiger partial charge in [0.15, 0.2) is 5.17 Å². The van der Waals surface area contributed by atoms with E-state index in [-0.39, 0.29) is 11.9 Å². The van der Waals surface area contributed by atoms with E-state index in [1.165, 1.54) is 11.8 Å². The van der Waals surface area contributed by atoms with Gasteiger partial charge in [-0.3, -0.25) is 10.2 Å². The fourth-order valence-corrected chi connectivity index (χ4v) is 2.13. The van der Waals surface area contributed by atoms with E-state index in [1.54, 1.807) is 6.08 Å². The fraction of sp³-hybridized carbons (Fsp3) is 0. The summed E-state index contributed by atoms with van der Waals surface area (Å²) < 4.78 is 0. The third-order valence-corrected chi connectivity index (χ3v) is 2.88. The number of amidine groups is 1. The molecule has 0 aromatic heterocycles. The van der Waals surface area contributed by atoms with E-state index in [1.807, 2.05) is 30.3 Å². The van der Waals surface area contributed by atoms with Crippen LogP contribution in [0.5, 0.6) is 0 Å². The van der Waals surface area contributed by atoms with E-state index in [0.29, 0.717) is 10.1 Å². The van der Waals surface area contributed by atoms with E-state index in [9.17, 15) is 4.79 Å². The van der Waals surface area contributed by atoms with Gasteiger partial charge in [-0.15, -0.1) is 0 Å². The molecular weight excluding hydrogens is 236 g/mol. The molecule has 0 radical (unpaired) electrons. The molecule has 0 spiro atoms. The van der Waals surface area contributed by atoms with Gasteiger partial charge in [-0.1, -0.05) is 30.3 Å². The Morgan fingerprint density at radius 3 is 2.76 bits per heavy atom. The molecule has 86 valence electrons. The zero-order chi connectivity index (χ0) is 12.3. The van der Waals surface area contributed by atoms with Crippen LogP contribution in [0.2, 0.25) is 0 Å². The molecule has 17 heavy (non-hydrogen) atoms. The standard InChI is InChI=1S/C11H10N4OS/c12-10(13)15-11-14-9(16)8(17-11)6-7-4-2-1-3-5-7/h1-6H,(H4,12,13,14,15,16)/b8-6-. The SMILES string of the molecule is N=C(N)N=C1NC(=O)/C(=C/c2ccccc2)S1. The Hall–Kier alpha value is -2.08. The molecule has 1 aliphatic rings. The summed E-state index contributed by atoms with van der Waals surface area (Å²) >= 11 is 1.17. The first-order valence-corrected chi connectivity index (χ1v) is 5.65.